The molecule has 1 aromatic carbocycles. The number of guanidine groups is 1. The Bertz CT molecular complexity index is 780. The van der Waals surface area contributed by atoms with Crippen LogP contribution in [0.1, 0.15) is 37.7 Å². The lowest BCUT2D eigenvalue weighted by Gasteiger charge is -2.25. The molecule has 0 bridgehead atoms. The van der Waals surface area contributed by atoms with Crippen molar-refractivity contribution in [1.82, 2.24) is 15.4 Å². The molecule has 2 aliphatic carbocycles. The average Bonchev–Trinajstić information content (AvgIpc) is 3.37. The molecular weight excluding hydrogens is 494 g/mol. The maximum absolute atomic E-state index is 13.5. The highest BCUT2D eigenvalue weighted by molar-refractivity contribution is 14.0. The molecule has 3 rings (SSSR count). The Morgan fingerprint density at radius 3 is 2.61 bits per heavy atom. The summed E-state index contributed by atoms with van der Waals surface area (Å²) < 4.78 is 40.3. The average molecular weight is 524 g/mol. The standard InChI is InChI=1S/C19H29FN4O2S.HI/c1-21-18(22-10-11-27(25,26)24-13-15-4-2-5-15)23-14-19(8-9-19)16-6-3-7-17(20)12-16;/h3,6-7,12,15,24H,2,4-5,8-11,13-14H2,1H3,(H2,21,22,23);1H. The highest BCUT2D eigenvalue weighted by atomic mass is 127. The van der Waals surface area contributed by atoms with E-state index in [1.54, 1.807) is 19.2 Å². The van der Waals surface area contributed by atoms with Crippen LogP contribution in [0.5, 0.6) is 0 Å². The zero-order valence-corrected chi connectivity index (χ0v) is 19.4. The molecule has 0 unspecified atom stereocenters. The number of aliphatic imine (C=N–C) groups is 1. The van der Waals surface area contributed by atoms with Gasteiger partial charge in [-0.25, -0.2) is 17.5 Å². The van der Waals surface area contributed by atoms with Gasteiger partial charge in [-0.1, -0.05) is 18.6 Å². The van der Waals surface area contributed by atoms with Gasteiger partial charge in [-0.2, -0.15) is 0 Å². The molecule has 28 heavy (non-hydrogen) atoms. The van der Waals surface area contributed by atoms with Gasteiger partial charge in [0.2, 0.25) is 10.0 Å². The van der Waals surface area contributed by atoms with Gasteiger partial charge in [0.15, 0.2) is 5.96 Å². The van der Waals surface area contributed by atoms with Gasteiger partial charge < -0.3 is 10.6 Å². The van der Waals surface area contributed by atoms with E-state index in [9.17, 15) is 12.8 Å². The number of nitrogens with zero attached hydrogens (tertiary/aromatic N) is 1. The van der Waals surface area contributed by atoms with E-state index in [0.29, 0.717) is 25.0 Å². The molecule has 3 N–H and O–H groups in total. The highest BCUT2D eigenvalue weighted by Gasteiger charge is 2.44. The second kappa shape index (κ2) is 10.2. The number of hydrogen-bond acceptors (Lipinski definition) is 3. The fourth-order valence-corrected chi connectivity index (χ4v) is 4.33. The molecule has 0 aromatic heterocycles. The van der Waals surface area contributed by atoms with Gasteiger partial charge in [0.1, 0.15) is 5.82 Å². The number of nitrogens with one attached hydrogen (secondary N) is 3. The van der Waals surface area contributed by atoms with Crippen LogP contribution in [0.3, 0.4) is 0 Å². The first-order chi connectivity index (χ1) is 12.9. The molecule has 0 saturated heterocycles. The van der Waals surface area contributed by atoms with E-state index in [-0.39, 0.29) is 47.5 Å². The first-order valence-electron chi connectivity index (χ1n) is 9.60. The number of hydrogen-bond donors (Lipinski definition) is 3. The Hall–Kier alpha value is -0.940. The maximum Gasteiger partial charge on any atom is 0.213 e. The summed E-state index contributed by atoms with van der Waals surface area (Å²) in [6.45, 7) is 1.47. The Labute approximate surface area is 184 Å². The second-order valence-corrected chi connectivity index (χ2v) is 9.53. The molecule has 0 spiro atoms. The van der Waals surface area contributed by atoms with Gasteiger partial charge in [0.25, 0.3) is 0 Å². The predicted octanol–water partition coefficient (Wildman–Crippen LogP) is 2.36. The fourth-order valence-electron chi connectivity index (χ4n) is 3.33. The highest BCUT2D eigenvalue weighted by Crippen LogP contribution is 2.47. The normalized spacial score (nSPS) is 18.7. The van der Waals surface area contributed by atoms with Gasteiger partial charge in [0.05, 0.1) is 5.75 Å². The second-order valence-electron chi connectivity index (χ2n) is 7.61. The van der Waals surface area contributed by atoms with Crippen LogP contribution in [-0.2, 0) is 15.4 Å². The van der Waals surface area contributed by atoms with Crippen LogP contribution in [0.15, 0.2) is 29.3 Å². The number of sulfonamides is 1. The smallest absolute Gasteiger partial charge is 0.213 e. The summed E-state index contributed by atoms with van der Waals surface area (Å²) >= 11 is 0. The van der Waals surface area contributed by atoms with Gasteiger partial charge >= 0.3 is 0 Å². The molecule has 0 radical (unpaired) electrons. The predicted molar refractivity (Wildman–Crippen MR) is 121 cm³/mol. The van der Waals surface area contributed by atoms with Gasteiger partial charge in [-0.3, -0.25) is 4.99 Å². The number of benzene rings is 1. The van der Waals surface area contributed by atoms with Crippen molar-refractivity contribution in [3.05, 3.63) is 35.6 Å². The number of rotatable bonds is 9. The van der Waals surface area contributed by atoms with Crippen molar-refractivity contribution in [3.63, 3.8) is 0 Å². The molecule has 0 amide bonds. The SMILES string of the molecule is CN=C(NCCS(=O)(=O)NCC1CCC1)NCC1(c2cccc(F)c2)CC1.I. The third-order valence-electron chi connectivity index (χ3n) is 5.59. The maximum atomic E-state index is 13.5. The summed E-state index contributed by atoms with van der Waals surface area (Å²) in [6.07, 6.45) is 5.43. The third-order valence-corrected chi connectivity index (χ3v) is 6.94. The molecule has 158 valence electrons. The first-order valence-corrected chi connectivity index (χ1v) is 11.3. The summed E-state index contributed by atoms with van der Waals surface area (Å²) in [7, 11) is -1.62. The van der Waals surface area contributed by atoms with Gasteiger partial charge in [-0.15, -0.1) is 24.0 Å². The molecule has 0 heterocycles. The minimum absolute atomic E-state index is 0. The van der Waals surface area contributed by atoms with Crippen molar-refractivity contribution in [2.75, 3.05) is 32.4 Å². The van der Waals surface area contributed by atoms with Crippen molar-refractivity contribution in [2.24, 2.45) is 10.9 Å². The summed E-state index contributed by atoms with van der Waals surface area (Å²) in [4.78, 5) is 4.15. The molecule has 9 heteroatoms. The monoisotopic (exact) mass is 524 g/mol. The summed E-state index contributed by atoms with van der Waals surface area (Å²) in [5.41, 5.74) is 0.934. The summed E-state index contributed by atoms with van der Waals surface area (Å²) in [6, 6.07) is 6.73. The lowest BCUT2D eigenvalue weighted by Crippen LogP contribution is -2.44. The summed E-state index contributed by atoms with van der Waals surface area (Å²) in [5, 5.41) is 6.30. The largest absolute Gasteiger partial charge is 0.356 e. The minimum Gasteiger partial charge on any atom is -0.356 e. The third kappa shape index (κ3) is 6.55. The molecule has 2 saturated carbocycles. The van der Waals surface area contributed by atoms with Crippen LogP contribution < -0.4 is 15.4 Å². The fraction of sp³-hybridized carbons (Fsp3) is 0.632. The quantitative estimate of drug-likeness (QED) is 0.263. The first kappa shape index (κ1) is 23.3. The lowest BCUT2D eigenvalue weighted by atomic mass is 9.86. The zero-order chi connectivity index (χ0) is 19.3. The van der Waals surface area contributed by atoms with Crippen LogP contribution in [0.25, 0.3) is 0 Å². The zero-order valence-electron chi connectivity index (χ0n) is 16.2. The Morgan fingerprint density at radius 2 is 2.04 bits per heavy atom. The van der Waals surface area contributed by atoms with Crippen molar-refractivity contribution in [1.29, 1.82) is 0 Å². The van der Waals surface area contributed by atoms with Crippen LogP contribution in [0, 0.1) is 11.7 Å². The molecule has 0 atom stereocenters. The lowest BCUT2D eigenvalue weighted by molar-refractivity contribution is 0.316. The molecular formula is C19H30FIN4O2S. The van der Waals surface area contributed by atoms with Crippen LogP contribution in [-0.4, -0.2) is 46.8 Å². The van der Waals surface area contributed by atoms with Crippen molar-refractivity contribution >= 4 is 40.0 Å². The molecule has 6 nitrogen and oxygen atoms in total. The number of halogens is 2. The Morgan fingerprint density at radius 1 is 1.29 bits per heavy atom. The van der Waals surface area contributed by atoms with Crippen molar-refractivity contribution in [3.8, 4) is 0 Å². The van der Waals surface area contributed by atoms with Crippen LogP contribution in [0.4, 0.5) is 4.39 Å². The van der Waals surface area contributed by atoms with E-state index >= 15 is 0 Å². The van der Waals surface area contributed by atoms with E-state index in [4.69, 9.17) is 0 Å². The van der Waals surface area contributed by atoms with Crippen molar-refractivity contribution in [2.45, 2.75) is 37.5 Å². The van der Waals surface area contributed by atoms with Crippen LogP contribution in [0.2, 0.25) is 0 Å². The van der Waals surface area contributed by atoms with E-state index in [1.165, 1.54) is 12.5 Å². The van der Waals surface area contributed by atoms with E-state index in [2.05, 4.69) is 20.3 Å². The van der Waals surface area contributed by atoms with E-state index < -0.39 is 10.0 Å². The Balaban J connectivity index is 0.00000280. The Kier molecular flexibility index (Phi) is 8.50. The summed E-state index contributed by atoms with van der Waals surface area (Å²) in [5.74, 6) is 0.850. The topological polar surface area (TPSA) is 82.6 Å². The molecule has 2 fully saturated rings. The minimum atomic E-state index is -3.27. The van der Waals surface area contributed by atoms with E-state index in [0.717, 1.165) is 31.2 Å². The van der Waals surface area contributed by atoms with Gasteiger partial charge in [-0.05, 0) is 49.3 Å². The van der Waals surface area contributed by atoms with Crippen LogP contribution >= 0.6 is 24.0 Å². The molecule has 1 aromatic rings. The van der Waals surface area contributed by atoms with Gasteiger partial charge in [0, 0.05) is 32.1 Å². The molecule has 2 aliphatic rings. The van der Waals surface area contributed by atoms with E-state index in [1.807, 2.05) is 6.07 Å². The van der Waals surface area contributed by atoms with Crippen molar-refractivity contribution < 1.29 is 12.8 Å². The molecule has 0 aliphatic heterocycles.